The normalized spacial score (nSPS) is 55.8. The lowest BCUT2D eigenvalue weighted by Crippen LogP contribution is -2.57. The predicted octanol–water partition coefficient (Wildman–Crippen LogP) is 4.70. The molecule has 0 aromatic carbocycles. The Kier molecular flexibility index (Phi) is 3.97. The standard InChI is InChI=1S/C22H36O2/c1-4-15-6-8-18-17-7-5-16-13-20(2,24)11-12-22(16,14-23)19(17)9-10-21(15,18)3/h4,16-19,23-24H,5-14H2,1-3H3/t16-,17+,18+,19+,20-,21-,22-/m1/s1. The largest absolute Gasteiger partial charge is 0.396 e. The summed E-state index contributed by atoms with van der Waals surface area (Å²) in [4.78, 5) is 0. The summed E-state index contributed by atoms with van der Waals surface area (Å²) in [6.07, 6.45) is 13.0. The van der Waals surface area contributed by atoms with Crippen molar-refractivity contribution in [3.63, 3.8) is 0 Å². The molecular formula is C22H36O2. The van der Waals surface area contributed by atoms with Gasteiger partial charge in [-0.1, -0.05) is 18.6 Å². The fraction of sp³-hybridized carbons (Fsp3) is 0.909. The van der Waals surface area contributed by atoms with Gasteiger partial charge >= 0.3 is 0 Å². The van der Waals surface area contributed by atoms with Crippen LogP contribution in [0, 0.1) is 34.5 Å². The first-order valence-electron chi connectivity index (χ1n) is 10.4. The van der Waals surface area contributed by atoms with E-state index in [1.807, 2.05) is 6.92 Å². The first kappa shape index (κ1) is 17.1. The van der Waals surface area contributed by atoms with Gasteiger partial charge in [0.25, 0.3) is 0 Å². The third kappa shape index (κ3) is 2.21. The summed E-state index contributed by atoms with van der Waals surface area (Å²) in [5, 5.41) is 21.1. The topological polar surface area (TPSA) is 40.5 Å². The Bertz CT molecular complexity index is 536. The lowest BCUT2D eigenvalue weighted by Gasteiger charge is -2.62. The molecule has 0 saturated heterocycles. The fourth-order valence-electron chi connectivity index (χ4n) is 7.86. The van der Waals surface area contributed by atoms with E-state index < -0.39 is 5.60 Å². The van der Waals surface area contributed by atoms with Gasteiger partial charge in [-0.3, -0.25) is 0 Å². The summed E-state index contributed by atoms with van der Waals surface area (Å²) in [7, 11) is 0. The Morgan fingerprint density at radius 2 is 1.83 bits per heavy atom. The van der Waals surface area contributed by atoms with E-state index >= 15 is 0 Å². The van der Waals surface area contributed by atoms with Crippen LogP contribution in [0.4, 0.5) is 0 Å². The fourth-order valence-corrected chi connectivity index (χ4v) is 7.86. The molecule has 2 nitrogen and oxygen atoms in total. The molecule has 4 saturated carbocycles. The highest BCUT2D eigenvalue weighted by atomic mass is 16.3. The van der Waals surface area contributed by atoms with Crippen LogP contribution in [-0.2, 0) is 0 Å². The zero-order chi connectivity index (χ0) is 17.2. The molecule has 4 aliphatic rings. The van der Waals surface area contributed by atoms with Crippen molar-refractivity contribution in [1.82, 2.24) is 0 Å². The molecule has 2 heteroatoms. The third-order valence-corrected chi connectivity index (χ3v) is 9.14. The number of fused-ring (bicyclic) bond motifs is 5. The van der Waals surface area contributed by atoms with Gasteiger partial charge in [0.2, 0.25) is 0 Å². The van der Waals surface area contributed by atoms with Gasteiger partial charge in [0.15, 0.2) is 0 Å². The van der Waals surface area contributed by atoms with Crippen molar-refractivity contribution >= 4 is 0 Å². The number of aliphatic hydroxyl groups is 2. The maximum atomic E-state index is 10.6. The lowest BCUT2D eigenvalue weighted by molar-refractivity contribution is -0.164. The number of hydrogen-bond donors (Lipinski definition) is 2. The molecule has 0 heterocycles. The van der Waals surface area contributed by atoms with Crippen LogP contribution in [0.5, 0.6) is 0 Å². The molecular weight excluding hydrogens is 296 g/mol. The molecule has 0 aromatic heterocycles. The molecule has 136 valence electrons. The first-order chi connectivity index (χ1) is 11.4. The van der Waals surface area contributed by atoms with Gasteiger partial charge in [0, 0.05) is 6.61 Å². The minimum Gasteiger partial charge on any atom is -0.396 e. The van der Waals surface area contributed by atoms with Crippen LogP contribution < -0.4 is 0 Å². The van der Waals surface area contributed by atoms with Crippen LogP contribution in [0.15, 0.2) is 11.6 Å². The van der Waals surface area contributed by atoms with E-state index in [1.165, 1.54) is 38.5 Å². The molecule has 7 atom stereocenters. The van der Waals surface area contributed by atoms with Crippen molar-refractivity contribution in [1.29, 1.82) is 0 Å². The summed E-state index contributed by atoms with van der Waals surface area (Å²) in [5.74, 6) is 2.84. The number of rotatable bonds is 1. The summed E-state index contributed by atoms with van der Waals surface area (Å²) >= 11 is 0. The number of allylic oxidation sites excluding steroid dienone is 2. The van der Waals surface area contributed by atoms with Crippen LogP contribution in [0.3, 0.4) is 0 Å². The Morgan fingerprint density at radius 1 is 1.04 bits per heavy atom. The zero-order valence-electron chi connectivity index (χ0n) is 15.9. The van der Waals surface area contributed by atoms with Gasteiger partial charge < -0.3 is 10.2 Å². The van der Waals surface area contributed by atoms with Crippen LogP contribution in [0.1, 0.15) is 78.6 Å². The SMILES string of the molecule is CC=C1CC[C@H]2[C@@H]3CC[C@@H]4C[C@](C)(O)CC[C@]4(CO)[C@H]3CC[C@]12C. The number of hydrogen-bond acceptors (Lipinski definition) is 2. The first-order valence-corrected chi connectivity index (χ1v) is 10.4. The minimum atomic E-state index is -0.509. The average molecular weight is 333 g/mol. The highest BCUT2D eigenvalue weighted by Crippen LogP contribution is 2.67. The van der Waals surface area contributed by atoms with Gasteiger partial charge in [0.05, 0.1) is 5.60 Å². The van der Waals surface area contributed by atoms with Gasteiger partial charge in [-0.25, -0.2) is 0 Å². The average Bonchev–Trinajstić information content (AvgIpc) is 2.90. The van der Waals surface area contributed by atoms with Crippen LogP contribution >= 0.6 is 0 Å². The molecule has 4 rings (SSSR count). The molecule has 0 amide bonds. The van der Waals surface area contributed by atoms with Crippen molar-refractivity contribution in [3.05, 3.63) is 11.6 Å². The molecule has 0 aromatic rings. The molecule has 0 aliphatic heterocycles. The monoisotopic (exact) mass is 332 g/mol. The van der Waals surface area contributed by atoms with Crippen molar-refractivity contribution in [2.75, 3.05) is 6.61 Å². The van der Waals surface area contributed by atoms with Gasteiger partial charge in [-0.2, -0.15) is 0 Å². The van der Waals surface area contributed by atoms with E-state index in [9.17, 15) is 10.2 Å². The Hall–Kier alpha value is -0.340. The highest BCUT2D eigenvalue weighted by Gasteiger charge is 2.61. The second-order valence-electron chi connectivity index (χ2n) is 10.1. The van der Waals surface area contributed by atoms with Crippen LogP contribution in [0.2, 0.25) is 0 Å². The molecule has 0 bridgehead atoms. The maximum Gasteiger partial charge on any atom is 0.0622 e. The van der Waals surface area contributed by atoms with E-state index in [0.717, 1.165) is 31.1 Å². The molecule has 24 heavy (non-hydrogen) atoms. The summed E-state index contributed by atoms with van der Waals surface area (Å²) in [6.45, 7) is 7.10. The smallest absolute Gasteiger partial charge is 0.0622 e. The Balaban J connectivity index is 1.66. The van der Waals surface area contributed by atoms with E-state index in [0.29, 0.717) is 23.9 Å². The summed E-state index contributed by atoms with van der Waals surface area (Å²) < 4.78 is 0. The van der Waals surface area contributed by atoms with Gasteiger partial charge in [0.1, 0.15) is 0 Å². The van der Waals surface area contributed by atoms with Crippen LogP contribution in [0.25, 0.3) is 0 Å². The second-order valence-corrected chi connectivity index (χ2v) is 10.1. The minimum absolute atomic E-state index is 0.102. The van der Waals surface area contributed by atoms with Crippen molar-refractivity contribution in [2.24, 2.45) is 34.5 Å². The molecule has 0 radical (unpaired) electrons. The maximum absolute atomic E-state index is 10.6. The van der Waals surface area contributed by atoms with Crippen molar-refractivity contribution < 1.29 is 10.2 Å². The van der Waals surface area contributed by atoms with Crippen LogP contribution in [-0.4, -0.2) is 22.4 Å². The molecule has 4 aliphatic carbocycles. The van der Waals surface area contributed by atoms with Crippen molar-refractivity contribution in [2.45, 2.75) is 84.2 Å². The third-order valence-electron chi connectivity index (χ3n) is 9.14. The Morgan fingerprint density at radius 3 is 2.54 bits per heavy atom. The molecule has 2 N–H and O–H groups in total. The van der Waals surface area contributed by atoms with E-state index in [1.54, 1.807) is 5.57 Å². The zero-order valence-corrected chi connectivity index (χ0v) is 15.9. The summed E-state index contributed by atoms with van der Waals surface area (Å²) in [5.41, 5.74) is 1.73. The molecule has 0 unspecified atom stereocenters. The number of aliphatic hydroxyl groups excluding tert-OH is 1. The van der Waals surface area contributed by atoms with Gasteiger partial charge in [-0.15, -0.1) is 0 Å². The summed E-state index contributed by atoms with van der Waals surface area (Å²) in [6, 6.07) is 0. The highest BCUT2D eigenvalue weighted by molar-refractivity contribution is 5.24. The van der Waals surface area contributed by atoms with E-state index in [-0.39, 0.29) is 5.41 Å². The van der Waals surface area contributed by atoms with E-state index in [2.05, 4.69) is 19.9 Å². The lowest BCUT2D eigenvalue weighted by atomic mass is 9.44. The molecule has 4 fully saturated rings. The molecule has 0 spiro atoms. The Labute approximate surface area is 147 Å². The second kappa shape index (κ2) is 5.58. The van der Waals surface area contributed by atoms with Gasteiger partial charge in [-0.05, 0) is 106 Å². The van der Waals surface area contributed by atoms with Crippen molar-refractivity contribution in [3.8, 4) is 0 Å². The van der Waals surface area contributed by atoms with E-state index in [4.69, 9.17) is 0 Å². The quantitative estimate of drug-likeness (QED) is 0.683. The predicted molar refractivity (Wildman–Crippen MR) is 97.5 cm³/mol.